The molecule has 3 N–H and O–H groups in total. The highest BCUT2D eigenvalue weighted by atomic mass is 32.2. The number of nitrogens with one attached hydrogen (secondary N) is 3. The van der Waals surface area contributed by atoms with Gasteiger partial charge in [0, 0.05) is 12.6 Å². The number of sulfonamides is 1. The predicted molar refractivity (Wildman–Crippen MR) is 54.7 cm³/mol. The maximum Gasteiger partial charge on any atom is 0.257 e. The normalized spacial score (nSPS) is 27.0. The molecule has 1 aromatic rings. The average molecular weight is 230 g/mol. The second kappa shape index (κ2) is 3.92. The van der Waals surface area contributed by atoms with E-state index in [0.29, 0.717) is 12.5 Å². The molecule has 0 amide bonds. The molecule has 1 fully saturated rings. The summed E-state index contributed by atoms with van der Waals surface area (Å²) < 4.78 is 26.2. The predicted octanol–water partition coefficient (Wildman–Crippen LogP) is -0.704. The number of aromatic amines is 1. The van der Waals surface area contributed by atoms with Gasteiger partial charge < -0.3 is 5.32 Å². The summed E-state index contributed by atoms with van der Waals surface area (Å²) in [4.78, 5) is 0. The highest BCUT2D eigenvalue weighted by Crippen LogP contribution is 2.11. The van der Waals surface area contributed by atoms with Crippen molar-refractivity contribution in [2.45, 2.75) is 18.0 Å². The molecule has 1 aliphatic rings. The van der Waals surface area contributed by atoms with Crippen LogP contribution in [0.3, 0.4) is 0 Å². The molecule has 1 aliphatic heterocycles. The van der Waals surface area contributed by atoms with Crippen molar-refractivity contribution in [2.24, 2.45) is 5.92 Å². The van der Waals surface area contributed by atoms with Gasteiger partial charge in [-0.2, -0.15) is 5.10 Å². The molecule has 15 heavy (non-hydrogen) atoms. The van der Waals surface area contributed by atoms with Crippen molar-refractivity contribution in [3.8, 4) is 0 Å². The molecule has 1 saturated heterocycles. The van der Waals surface area contributed by atoms with E-state index in [0.717, 1.165) is 6.54 Å². The Balaban J connectivity index is 2.11. The molecule has 6 nitrogen and oxygen atoms in total. The van der Waals surface area contributed by atoms with Crippen LogP contribution in [0.25, 0.3) is 0 Å². The minimum absolute atomic E-state index is 0.0432. The van der Waals surface area contributed by atoms with Crippen LogP contribution in [0.1, 0.15) is 6.92 Å². The van der Waals surface area contributed by atoms with Gasteiger partial charge in [-0.1, -0.05) is 6.92 Å². The third-order valence-corrected chi connectivity index (χ3v) is 4.01. The van der Waals surface area contributed by atoms with Crippen molar-refractivity contribution < 1.29 is 8.42 Å². The molecule has 0 saturated carbocycles. The molecular formula is C8H14N4O2S. The van der Waals surface area contributed by atoms with E-state index in [1.54, 1.807) is 0 Å². The summed E-state index contributed by atoms with van der Waals surface area (Å²) in [5.74, 6) is 0.308. The lowest BCUT2D eigenvalue weighted by Crippen LogP contribution is -2.39. The lowest BCUT2D eigenvalue weighted by molar-refractivity contribution is 0.501. The third kappa shape index (κ3) is 2.19. The molecule has 2 atom stereocenters. The molecule has 2 heterocycles. The third-order valence-electron chi connectivity index (χ3n) is 2.59. The van der Waals surface area contributed by atoms with Crippen LogP contribution >= 0.6 is 0 Å². The Kier molecular flexibility index (Phi) is 2.76. The summed E-state index contributed by atoms with van der Waals surface area (Å²) in [5.41, 5.74) is 0. The number of hydrogen-bond donors (Lipinski definition) is 3. The van der Waals surface area contributed by atoms with E-state index in [2.05, 4.69) is 20.2 Å². The molecule has 2 unspecified atom stereocenters. The highest BCUT2D eigenvalue weighted by Gasteiger charge is 2.28. The fraction of sp³-hybridized carbons (Fsp3) is 0.625. The van der Waals surface area contributed by atoms with Crippen LogP contribution in [0.5, 0.6) is 0 Å². The number of nitrogens with zero attached hydrogens (tertiary/aromatic N) is 1. The largest absolute Gasteiger partial charge is 0.315 e. The van der Waals surface area contributed by atoms with Gasteiger partial charge in [0.25, 0.3) is 10.0 Å². The Bertz CT molecular complexity index is 414. The van der Waals surface area contributed by atoms with E-state index in [9.17, 15) is 8.42 Å². The first kappa shape index (κ1) is 10.6. The zero-order chi connectivity index (χ0) is 10.9. The number of aromatic nitrogens is 2. The van der Waals surface area contributed by atoms with Crippen molar-refractivity contribution in [3.05, 3.63) is 12.3 Å². The Hall–Kier alpha value is -0.920. The summed E-state index contributed by atoms with van der Waals surface area (Å²) >= 11 is 0. The lowest BCUT2D eigenvalue weighted by Gasteiger charge is -2.15. The molecule has 0 aliphatic carbocycles. The van der Waals surface area contributed by atoms with Crippen LogP contribution in [0.4, 0.5) is 0 Å². The summed E-state index contributed by atoms with van der Waals surface area (Å²) in [6, 6.07) is 1.40. The average Bonchev–Trinajstić information content (AvgIpc) is 2.77. The van der Waals surface area contributed by atoms with Crippen molar-refractivity contribution in [1.82, 2.24) is 20.2 Å². The molecule has 0 aromatic carbocycles. The molecule has 0 spiro atoms. The van der Waals surface area contributed by atoms with E-state index in [1.165, 1.54) is 12.3 Å². The van der Waals surface area contributed by atoms with Crippen molar-refractivity contribution in [2.75, 3.05) is 13.1 Å². The summed E-state index contributed by atoms with van der Waals surface area (Å²) in [6.45, 7) is 3.53. The van der Waals surface area contributed by atoms with Crippen LogP contribution in [0.15, 0.2) is 17.3 Å². The van der Waals surface area contributed by atoms with Crippen molar-refractivity contribution >= 4 is 10.0 Å². The minimum Gasteiger partial charge on any atom is -0.315 e. The summed E-state index contributed by atoms with van der Waals surface area (Å²) in [6.07, 6.45) is 1.42. The van der Waals surface area contributed by atoms with Crippen LogP contribution in [-0.4, -0.2) is 37.7 Å². The van der Waals surface area contributed by atoms with Crippen molar-refractivity contribution in [3.63, 3.8) is 0 Å². The van der Waals surface area contributed by atoms with E-state index in [1.807, 2.05) is 6.92 Å². The zero-order valence-corrected chi connectivity index (χ0v) is 9.21. The highest BCUT2D eigenvalue weighted by molar-refractivity contribution is 7.89. The second-order valence-electron chi connectivity index (χ2n) is 3.78. The van der Waals surface area contributed by atoms with Crippen LogP contribution in [0.2, 0.25) is 0 Å². The first-order chi connectivity index (χ1) is 7.09. The lowest BCUT2D eigenvalue weighted by atomic mass is 10.1. The van der Waals surface area contributed by atoms with E-state index < -0.39 is 10.0 Å². The van der Waals surface area contributed by atoms with Gasteiger partial charge in [0.05, 0.1) is 6.20 Å². The van der Waals surface area contributed by atoms with Gasteiger partial charge in [-0.3, -0.25) is 5.10 Å². The minimum atomic E-state index is -3.44. The SMILES string of the molecule is CC1CNCC1NS(=O)(=O)c1ccn[nH]1. The fourth-order valence-corrected chi connectivity index (χ4v) is 2.88. The number of hydrogen-bond acceptors (Lipinski definition) is 4. The Labute approximate surface area is 88.5 Å². The van der Waals surface area contributed by atoms with Gasteiger partial charge in [0.1, 0.15) is 0 Å². The number of H-pyrrole nitrogens is 1. The molecular weight excluding hydrogens is 216 g/mol. The molecule has 0 bridgehead atoms. The maximum absolute atomic E-state index is 11.8. The van der Waals surface area contributed by atoms with Gasteiger partial charge in [0.15, 0.2) is 5.03 Å². The smallest absolute Gasteiger partial charge is 0.257 e. The zero-order valence-electron chi connectivity index (χ0n) is 8.40. The second-order valence-corrected chi connectivity index (χ2v) is 5.47. The van der Waals surface area contributed by atoms with E-state index in [4.69, 9.17) is 0 Å². The first-order valence-electron chi connectivity index (χ1n) is 4.82. The van der Waals surface area contributed by atoms with Gasteiger partial charge in [-0.05, 0) is 18.5 Å². The Morgan fingerprint density at radius 1 is 1.53 bits per heavy atom. The summed E-state index contributed by atoms with van der Waals surface area (Å²) in [5, 5.41) is 9.32. The molecule has 1 aromatic heterocycles. The standard InChI is InChI=1S/C8H14N4O2S/c1-6-4-9-5-7(6)12-15(13,14)8-2-3-10-11-8/h2-3,6-7,9,12H,4-5H2,1H3,(H,10,11). The first-order valence-corrected chi connectivity index (χ1v) is 6.30. The van der Waals surface area contributed by atoms with Gasteiger partial charge in [-0.15, -0.1) is 0 Å². The molecule has 7 heteroatoms. The van der Waals surface area contributed by atoms with Gasteiger partial charge in [0.2, 0.25) is 0 Å². The van der Waals surface area contributed by atoms with Gasteiger partial charge >= 0.3 is 0 Å². The monoisotopic (exact) mass is 230 g/mol. The maximum atomic E-state index is 11.8. The van der Waals surface area contributed by atoms with Crippen LogP contribution in [0, 0.1) is 5.92 Å². The molecule has 0 radical (unpaired) electrons. The number of rotatable bonds is 3. The molecule has 84 valence electrons. The van der Waals surface area contributed by atoms with Gasteiger partial charge in [-0.25, -0.2) is 13.1 Å². The van der Waals surface area contributed by atoms with E-state index in [-0.39, 0.29) is 11.1 Å². The van der Waals surface area contributed by atoms with Crippen LogP contribution < -0.4 is 10.0 Å². The quantitative estimate of drug-likeness (QED) is 0.640. The summed E-state index contributed by atoms with van der Waals surface area (Å²) in [7, 11) is -3.44. The fourth-order valence-electron chi connectivity index (χ4n) is 1.62. The Morgan fingerprint density at radius 2 is 2.33 bits per heavy atom. The van der Waals surface area contributed by atoms with E-state index >= 15 is 0 Å². The van der Waals surface area contributed by atoms with Crippen molar-refractivity contribution in [1.29, 1.82) is 0 Å². The topological polar surface area (TPSA) is 86.9 Å². The van der Waals surface area contributed by atoms with Crippen LogP contribution in [-0.2, 0) is 10.0 Å². The Morgan fingerprint density at radius 3 is 2.87 bits per heavy atom. The molecule has 2 rings (SSSR count).